The van der Waals surface area contributed by atoms with Crippen molar-refractivity contribution in [1.29, 1.82) is 5.41 Å². The van der Waals surface area contributed by atoms with Crippen LogP contribution in [0.5, 0.6) is 0 Å². The lowest BCUT2D eigenvalue weighted by Crippen LogP contribution is -2.49. The lowest BCUT2D eigenvalue weighted by molar-refractivity contribution is -0.127. The average molecular weight is 273 g/mol. The SMILES string of the molecule is CC(=O)[N]C1CCCN(c2ccc(C(=N)N)cc2)C1=O. The normalized spacial score (nSPS) is 18.8. The summed E-state index contributed by atoms with van der Waals surface area (Å²) in [5, 5.41) is 11.2. The van der Waals surface area contributed by atoms with Crippen LogP contribution in [0.4, 0.5) is 5.69 Å². The number of anilines is 1. The van der Waals surface area contributed by atoms with E-state index in [4.69, 9.17) is 11.1 Å². The van der Waals surface area contributed by atoms with Gasteiger partial charge in [-0.1, -0.05) is 0 Å². The summed E-state index contributed by atoms with van der Waals surface area (Å²) in [6.07, 6.45) is 1.42. The standard InChI is InChI=1S/C14H17N4O2/c1-9(19)17-12-3-2-8-18(14(12)20)11-6-4-10(5-7-11)13(15)16/h4-7,12H,2-3,8H2,1H3,(H3,15,16). The summed E-state index contributed by atoms with van der Waals surface area (Å²) < 4.78 is 0. The molecule has 2 rings (SSSR count). The predicted octanol–water partition coefficient (Wildman–Crippen LogP) is 0.617. The van der Waals surface area contributed by atoms with Gasteiger partial charge in [-0.15, -0.1) is 0 Å². The molecule has 1 aromatic rings. The molecule has 3 N–H and O–H groups in total. The second kappa shape index (κ2) is 5.73. The fourth-order valence-electron chi connectivity index (χ4n) is 2.27. The van der Waals surface area contributed by atoms with E-state index in [9.17, 15) is 9.59 Å². The Bertz CT molecular complexity index is 539. The molecule has 1 saturated heterocycles. The molecular formula is C14H17N4O2. The van der Waals surface area contributed by atoms with Gasteiger partial charge >= 0.3 is 0 Å². The lowest BCUT2D eigenvalue weighted by atomic mass is 10.0. The molecule has 1 aliphatic rings. The highest BCUT2D eigenvalue weighted by atomic mass is 16.2. The van der Waals surface area contributed by atoms with E-state index in [1.165, 1.54) is 6.92 Å². The Morgan fingerprint density at radius 3 is 2.60 bits per heavy atom. The van der Waals surface area contributed by atoms with Crippen molar-refractivity contribution in [2.75, 3.05) is 11.4 Å². The van der Waals surface area contributed by atoms with E-state index in [-0.39, 0.29) is 17.6 Å². The van der Waals surface area contributed by atoms with Crippen molar-refractivity contribution in [2.45, 2.75) is 25.8 Å². The molecule has 1 unspecified atom stereocenters. The van der Waals surface area contributed by atoms with Gasteiger partial charge in [0.15, 0.2) is 0 Å². The summed E-state index contributed by atoms with van der Waals surface area (Å²) in [6, 6.07) is 6.34. The summed E-state index contributed by atoms with van der Waals surface area (Å²) in [4.78, 5) is 25.0. The molecule has 0 aliphatic carbocycles. The molecule has 0 aromatic heterocycles. The summed E-state index contributed by atoms with van der Waals surface area (Å²) in [7, 11) is 0. The summed E-state index contributed by atoms with van der Waals surface area (Å²) in [5.41, 5.74) is 6.75. The van der Waals surface area contributed by atoms with Gasteiger partial charge in [-0.05, 0) is 37.1 Å². The van der Waals surface area contributed by atoms with Crippen LogP contribution < -0.4 is 16.0 Å². The number of rotatable bonds is 3. The second-order valence-corrected chi connectivity index (χ2v) is 4.76. The molecule has 0 bridgehead atoms. The maximum absolute atomic E-state index is 12.3. The van der Waals surface area contributed by atoms with Crippen molar-refractivity contribution in [3.63, 3.8) is 0 Å². The molecule has 1 heterocycles. The van der Waals surface area contributed by atoms with Crippen molar-refractivity contribution >= 4 is 23.3 Å². The van der Waals surface area contributed by atoms with Crippen molar-refractivity contribution in [2.24, 2.45) is 5.73 Å². The molecule has 6 heteroatoms. The van der Waals surface area contributed by atoms with E-state index in [2.05, 4.69) is 5.32 Å². The van der Waals surface area contributed by atoms with Gasteiger partial charge in [-0.25, -0.2) is 5.32 Å². The van der Waals surface area contributed by atoms with Crippen LogP contribution in [0.25, 0.3) is 0 Å². The minimum absolute atomic E-state index is 0.00835. The average Bonchev–Trinajstić information content (AvgIpc) is 2.41. The molecule has 1 aliphatic heterocycles. The Kier molecular flexibility index (Phi) is 4.02. The first-order chi connectivity index (χ1) is 9.49. The number of nitrogens with zero attached hydrogens (tertiary/aromatic N) is 2. The van der Waals surface area contributed by atoms with E-state index in [0.717, 1.165) is 12.1 Å². The number of piperidine rings is 1. The first kappa shape index (κ1) is 14.0. The second-order valence-electron chi connectivity index (χ2n) is 4.76. The zero-order valence-electron chi connectivity index (χ0n) is 11.3. The van der Waals surface area contributed by atoms with E-state index in [1.54, 1.807) is 29.2 Å². The zero-order chi connectivity index (χ0) is 14.7. The van der Waals surface area contributed by atoms with Crippen LogP contribution in [0, 0.1) is 5.41 Å². The van der Waals surface area contributed by atoms with Crippen molar-refractivity contribution in [1.82, 2.24) is 5.32 Å². The maximum Gasteiger partial charge on any atom is 0.251 e. The number of nitrogen functional groups attached to an aromatic ring is 1. The fraction of sp³-hybridized carbons (Fsp3) is 0.357. The molecule has 1 aromatic carbocycles. The number of carbonyl (C=O) groups excluding carboxylic acids is 2. The largest absolute Gasteiger partial charge is 0.384 e. The maximum atomic E-state index is 12.3. The quantitative estimate of drug-likeness (QED) is 0.623. The molecule has 0 spiro atoms. The molecule has 105 valence electrons. The molecule has 6 nitrogen and oxygen atoms in total. The third kappa shape index (κ3) is 2.96. The van der Waals surface area contributed by atoms with Crippen molar-refractivity contribution in [3.8, 4) is 0 Å². The van der Waals surface area contributed by atoms with Gasteiger partial charge in [0.25, 0.3) is 5.91 Å². The van der Waals surface area contributed by atoms with E-state index in [1.807, 2.05) is 0 Å². The van der Waals surface area contributed by atoms with Crippen molar-refractivity contribution < 1.29 is 9.59 Å². The number of amidine groups is 1. The van der Waals surface area contributed by atoms with Gasteiger partial charge in [-0.2, -0.15) is 0 Å². The number of hydrogen-bond donors (Lipinski definition) is 2. The third-order valence-corrected chi connectivity index (χ3v) is 3.24. The van der Waals surface area contributed by atoms with Crippen LogP contribution >= 0.6 is 0 Å². The smallest absolute Gasteiger partial charge is 0.251 e. The third-order valence-electron chi connectivity index (χ3n) is 3.24. The minimum Gasteiger partial charge on any atom is -0.384 e. The van der Waals surface area contributed by atoms with Crippen LogP contribution in [0.15, 0.2) is 24.3 Å². The zero-order valence-corrected chi connectivity index (χ0v) is 11.3. The number of nitrogens with one attached hydrogen (secondary N) is 1. The van der Waals surface area contributed by atoms with Gasteiger partial charge in [-0.3, -0.25) is 15.0 Å². The molecule has 1 fully saturated rings. The highest BCUT2D eigenvalue weighted by Gasteiger charge is 2.31. The molecular weight excluding hydrogens is 256 g/mol. The summed E-state index contributed by atoms with van der Waals surface area (Å²) >= 11 is 0. The van der Waals surface area contributed by atoms with Gasteiger partial charge < -0.3 is 10.6 Å². The Hall–Kier alpha value is -2.37. The van der Waals surface area contributed by atoms with Crippen LogP contribution in [-0.2, 0) is 9.59 Å². The number of carbonyl (C=O) groups is 2. The lowest BCUT2D eigenvalue weighted by Gasteiger charge is -2.31. The van der Waals surface area contributed by atoms with Gasteiger partial charge in [0, 0.05) is 24.7 Å². The molecule has 0 saturated carbocycles. The van der Waals surface area contributed by atoms with E-state index >= 15 is 0 Å². The van der Waals surface area contributed by atoms with Gasteiger partial charge in [0.05, 0.1) is 0 Å². The van der Waals surface area contributed by atoms with Gasteiger partial charge in [0.2, 0.25) is 5.91 Å². The predicted molar refractivity (Wildman–Crippen MR) is 75.6 cm³/mol. The Balaban J connectivity index is 2.16. The topological polar surface area (TPSA) is 101 Å². The first-order valence-electron chi connectivity index (χ1n) is 6.46. The molecule has 2 amide bonds. The Labute approximate surface area is 117 Å². The van der Waals surface area contributed by atoms with Crippen molar-refractivity contribution in [3.05, 3.63) is 29.8 Å². The van der Waals surface area contributed by atoms with Crippen LogP contribution in [0.1, 0.15) is 25.3 Å². The highest BCUT2D eigenvalue weighted by molar-refractivity contribution is 6.00. The number of nitrogens with two attached hydrogens (primary N) is 1. The minimum atomic E-state index is -0.575. The number of hydrogen-bond acceptors (Lipinski definition) is 3. The Morgan fingerprint density at radius 2 is 2.05 bits per heavy atom. The van der Waals surface area contributed by atoms with E-state index in [0.29, 0.717) is 18.5 Å². The van der Waals surface area contributed by atoms with Crippen LogP contribution in [-0.4, -0.2) is 30.2 Å². The molecule has 1 atom stereocenters. The van der Waals surface area contributed by atoms with Crippen LogP contribution in [0.2, 0.25) is 0 Å². The van der Waals surface area contributed by atoms with E-state index < -0.39 is 6.04 Å². The number of amides is 2. The Morgan fingerprint density at radius 1 is 1.40 bits per heavy atom. The van der Waals surface area contributed by atoms with Gasteiger partial charge in [0.1, 0.15) is 11.9 Å². The monoisotopic (exact) mass is 273 g/mol. The summed E-state index contributed by atoms with van der Waals surface area (Å²) in [6.45, 7) is 1.97. The molecule has 20 heavy (non-hydrogen) atoms. The summed E-state index contributed by atoms with van der Waals surface area (Å²) in [5.74, 6) is -0.481. The highest BCUT2D eigenvalue weighted by Crippen LogP contribution is 2.22. The fourth-order valence-corrected chi connectivity index (χ4v) is 2.27. The molecule has 1 radical (unpaired) electrons. The van der Waals surface area contributed by atoms with Crippen LogP contribution in [0.3, 0.4) is 0 Å². The number of benzene rings is 1. The first-order valence-corrected chi connectivity index (χ1v) is 6.46.